The van der Waals surface area contributed by atoms with Crippen molar-refractivity contribution in [3.8, 4) is 0 Å². The van der Waals surface area contributed by atoms with Gasteiger partial charge in [-0.2, -0.15) is 0 Å². The van der Waals surface area contributed by atoms with E-state index in [-0.39, 0.29) is 18.8 Å². The fourth-order valence-electron chi connectivity index (χ4n) is 1.41. The molecule has 0 amide bonds. The Morgan fingerprint density at radius 2 is 2.06 bits per heavy atom. The summed E-state index contributed by atoms with van der Waals surface area (Å²) in [6.45, 7) is -0.792. The topological polar surface area (TPSA) is 49.5 Å². The van der Waals surface area contributed by atoms with Gasteiger partial charge in [-0.3, -0.25) is 0 Å². The predicted octanol–water partition coefficient (Wildman–Crippen LogP) is 1.47. The first-order valence-corrected chi connectivity index (χ1v) is 4.73. The maximum Gasteiger partial charge on any atom is 0.255 e. The third-order valence-corrected chi connectivity index (χ3v) is 2.06. The van der Waals surface area contributed by atoms with Crippen LogP contribution < -0.4 is 10.6 Å². The first-order chi connectivity index (χ1) is 7.54. The van der Waals surface area contributed by atoms with Gasteiger partial charge in [0.25, 0.3) is 6.43 Å². The zero-order chi connectivity index (χ0) is 12.1. The molecule has 0 bridgehead atoms. The van der Waals surface area contributed by atoms with E-state index in [9.17, 15) is 13.2 Å². The normalized spacial score (nSPS) is 10.8. The van der Waals surface area contributed by atoms with Crippen molar-refractivity contribution in [3.05, 3.63) is 24.0 Å². The first kappa shape index (κ1) is 12.6. The van der Waals surface area contributed by atoms with E-state index in [2.05, 4.69) is 0 Å². The lowest BCUT2D eigenvalue weighted by molar-refractivity contribution is 0.153. The van der Waals surface area contributed by atoms with E-state index in [1.807, 2.05) is 0 Å². The third kappa shape index (κ3) is 3.30. The molecule has 90 valence electrons. The number of aliphatic hydroxyl groups is 1. The Morgan fingerprint density at radius 3 is 2.56 bits per heavy atom. The minimum Gasteiger partial charge on any atom is -0.397 e. The van der Waals surface area contributed by atoms with Crippen LogP contribution in [0, 0.1) is 5.82 Å². The molecule has 0 atom stereocenters. The minimum atomic E-state index is -2.55. The molecule has 16 heavy (non-hydrogen) atoms. The molecule has 0 saturated carbocycles. The second kappa shape index (κ2) is 5.60. The van der Waals surface area contributed by atoms with Crippen molar-refractivity contribution in [3.63, 3.8) is 0 Å². The lowest BCUT2D eigenvalue weighted by Gasteiger charge is -2.24. The average Bonchev–Trinajstić information content (AvgIpc) is 2.16. The molecule has 0 heterocycles. The van der Waals surface area contributed by atoms with Crippen LogP contribution in [0.3, 0.4) is 0 Å². The van der Waals surface area contributed by atoms with Gasteiger partial charge < -0.3 is 15.7 Å². The Morgan fingerprint density at radius 1 is 1.38 bits per heavy atom. The van der Waals surface area contributed by atoms with Crippen molar-refractivity contribution in [2.24, 2.45) is 0 Å². The molecule has 1 aromatic rings. The zero-order valence-corrected chi connectivity index (χ0v) is 8.54. The highest BCUT2D eigenvalue weighted by molar-refractivity contribution is 5.67. The van der Waals surface area contributed by atoms with Crippen LogP contribution >= 0.6 is 0 Å². The molecule has 0 spiro atoms. The molecule has 3 N–H and O–H groups in total. The molecule has 0 aliphatic carbocycles. The van der Waals surface area contributed by atoms with E-state index < -0.39 is 18.8 Å². The summed E-state index contributed by atoms with van der Waals surface area (Å²) in [6, 6.07) is 3.52. The van der Waals surface area contributed by atoms with Gasteiger partial charge >= 0.3 is 0 Å². The molecule has 0 saturated heterocycles. The van der Waals surface area contributed by atoms with Gasteiger partial charge in [-0.15, -0.1) is 0 Å². The number of anilines is 2. The van der Waals surface area contributed by atoms with Gasteiger partial charge in [-0.05, 0) is 18.2 Å². The van der Waals surface area contributed by atoms with E-state index in [1.54, 1.807) is 0 Å². The second-order valence-corrected chi connectivity index (χ2v) is 3.26. The molecule has 0 aliphatic rings. The van der Waals surface area contributed by atoms with Crippen molar-refractivity contribution in [1.82, 2.24) is 0 Å². The van der Waals surface area contributed by atoms with Crippen LogP contribution in [0.15, 0.2) is 18.2 Å². The van der Waals surface area contributed by atoms with E-state index >= 15 is 0 Å². The number of hydrogen-bond acceptors (Lipinski definition) is 3. The highest BCUT2D eigenvalue weighted by Crippen LogP contribution is 2.24. The van der Waals surface area contributed by atoms with Crippen molar-refractivity contribution in [2.45, 2.75) is 6.43 Å². The zero-order valence-electron chi connectivity index (χ0n) is 8.54. The molecule has 6 heteroatoms. The maximum absolute atomic E-state index is 12.8. The Hall–Kier alpha value is -1.43. The highest BCUT2D eigenvalue weighted by Gasteiger charge is 2.14. The van der Waals surface area contributed by atoms with Crippen LogP contribution in [0.2, 0.25) is 0 Å². The monoisotopic (exact) mass is 234 g/mol. The number of rotatable bonds is 5. The Balaban J connectivity index is 2.91. The summed E-state index contributed by atoms with van der Waals surface area (Å²) < 4.78 is 37.3. The number of benzene rings is 1. The summed E-state index contributed by atoms with van der Waals surface area (Å²) in [6.07, 6.45) is -2.55. The van der Waals surface area contributed by atoms with E-state index in [0.717, 1.165) is 12.1 Å². The van der Waals surface area contributed by atoms with Crippen LogP contribution in [0.1, 0.15) is 0 Å². The standard InChI is InChI=1S/C10H13F3N2O/c11-7-1-2-9(8(14)5-7)15(3-4-16)6-10(12)13/h1-2,5,10,16H,3-4,6,14H2. The molecule has 1 rings (SSSR count). The molecular weight excluding hydrogens is 221 g/mol. The molecule has 0 aliphatic heterocycles. The summed E-state index contributed by atoms with van der Waals surface area (Å²) in [7, 11) is 0. The maximum atomic E-state index is 12.8. The number of hydrogen-bond donors (Lipinski definition) is 2. The van der Waals surface area contributed by atoms with Gasteiger partial charge in [0.2, 0.25) is 0 Å². The number of aliphatic hydroxyl groups excluding tert-OH is 1. The summed E-state index contributed by atoms with van der Waals surface area (Å²) in [5.74, 6) is -0.526. The van der Waals surface area contributed by atoms with Crippen LogP contribution in [0.25, 0.3) is 0 Å². The van der Waals surface area contributed by atoms with Gasteiger partial charge in [0.05, 0.1) is 24.5 Å². The van der Waals surface area contributed by atoms with Gasteiger partial charge in [-0.1, -0.05) is 0 Å². The van der Waals surface area contributed by atoms with E-state index in [4.69, 9.17) is 10.8 Å². The quantitative estimate of drug-likeness (QED) is 0.758. The lowest BCUT2D eigenvalue weighted by Crippen LogP contribution is -2.32. The lowest BCUT2D eigenvalue weighted by atomic mass is 10.2. The Bertz CT molecular complexity index is 347. The summed E-state index contributed by atoms with van der Waals surface area (Å²) in [5, 5.41) is 8.75. The predicted molar refractivity (Wildman–Crippen MR) is 56.1 cm³/mol. The van der Waals surface area contributed by atoms with E-state index in [1.165, 1.54) is 11.0 Å². The van der Waals surface area contributed by atoms with Gasteiger partial charge in [0, 0.05) is 6.54 Å². The number of halogens is 3. The highest BCUT2D eigenvalue weighted by atomic mass is 19.3. The average molecular weight is 234 g/mol. The molecule has 0 aromatic heterocycles. The molecule has 0 unspecified atom stereocenters. The smallest absolute Gasteiger partial charge is 0.255 e. The summed E-state index contributed by atoms with van der Waals surface area (Å²) in [5.41, 5.74) is 5.90. The largest absolute Gasteiger partial charge is 0.397 e. The molecule has 0 fully saturated rings. The van der Waals surface area contributed by atoms with Crippen LogP contribution in [0.4, 0.5) is 24.5 Å². The molecule has 3 nitrogen and oxygen atoms in total. The van der Waals surface area contributed by atoms with Crippen molar-refractivity contribution in [2.75, 3.05) is 30.3 Å². The number of alkyl halides is 2. The Labute approximate surface area is 91.3 Å². The van der Waals surface area contributed by atoms with Crippen LogP contribution in [-0.4, -0.2) is 31.2 Å². The van der Waals surface area contributed by atoms with Crippen LogP contribution in [0.5, 0.6) is 0 Å². The third-order valence-electron chi connectivity index (χ3n) is 2.06. The molecule has 1 aromatic carbocycles. The number of nitrogens with two attached hydrogens (primary N) is 1. The van der Waals surface area contributed by atoms with Crippen molar-refractivity contribution < 1.29 is 18.3 Å². The Kier molecular flexibility index (Phi) is 4.42. The second-order valence-electron chi connectivity index (χ2n) is 3.26. The van der Waals surface area contributed by atoms with Crippen molar-refractivity contribution in [1.29, 1.82) is 0 Å². The minimum absolute atomic E-state index is 0.0279. The van der Waals surface area contributed by atoms with Crippen LogP contribution in [-0.2, 0) is 0 Å². The van der Waals surface area contributed by atoms with Gasteiger partial charge in [-0.25, -0.2) is 13.2 Å². The summed E-state index contributed by atoms with van der Waals surface area (Å²) in [4.78, 5) is 1.22. The fourth-order valence-corrected chi connectivity index (χ4v) is 1.41. The van der Waals surface area contributed by atoms with E-state index in [0.29, 0.717) is 5.69 Å². The van der Waals surface area contributed by atoms with Gasteiger partial charge in [0.1, 0.15) is 5.82 Å². The first-order valence-electron chi connectivity index (χ1n) is 4.73. The molecular formula is C10H13F3N2O. The summed E-state index contributed by atoms with van der Waals surface area (Å²) >= 11 is 0. The number of nitrogen functional groups attached to an aromatic ring is 1. The number of nitrogens with zero attached hydrogens (tertiary/aromatic N) is 1. The molecule has 0 radical (unpaired) electrons. The van der Waals surface area contributed by atoms with Crippen molar-refractivity contribution >= 4 is 11.4 Å². The van der Waals surface area contributed by atoms with Gasteiger partial charge in [0.15, 0.2) is 0 Å². The SMILES string of the molecule is Nc1cc(F)ccc1N(CCO)CC(F)F. The fraction of sp³-hybridized carbons (Fsp3) is 0.400.